The molecule has 1 fully saturated rings. The van der Waals surface area contributed by atoms with E-state index in [1.54, 1.807) is 0 Å². The summed E-state index contributed by atoms with van der Waals surface area (Å²) in [6.07, 6.45) is 0. The van der Waals surface area contributed by atoms with Crippen molar-refractivity contribution in [1.82, 2.24) is 5.32 Å². The minimum atomic E-state index is -1.03. The molecule has 88 valence electrons. The fraction of sp³-hybridized carbons (Fsp3) is 0.333. The lowest BCUT2D eigenvalue weighted by Gasteiger charge is -2.00. The monoisotopic (exact) mass is 269 g/mol. The number of allylic oxidation sites excluding steroid dienone is 1. The first-order valence-electron chi connectivity index (χ1n) is 3.90. The van der Waals surface area contributed by atoms with Crippen molar-refractivity contribution < 1.29 is 14.6 Å². The molecule has 0 aliphatic carbocycles. The summed E-state index contributed by atoms with van der Waals surface area (Å²) in [5.74, 6) is -0.227. The zero-order valence-corrected chi connectivity index (χ0v) is 9.12. The van der Waals surface area contributed by atoms with E-state index < -0.39 is 25.7 Å². The Labute approximate surface area is 98.8 Å². The lowest BCUT2D eigenvalue weighted by molar-refractivity contribution is -0.431. The maximum atomic E-state index is 10.7. The molecule has 1 aliphatic rings. The van der Waals surface area contributed by atoms with Crippen LogP contribution in [0, 0.1) is 20.2 Å². The zero-order chi connectivity index (χ0) is 12.3. The van der Waals surface area contributed by atoms with Gasteiger partial charge in [0.15, 0.2) is 0 Å². The quantitative estimate of drug-likeness (QED) is 0.465. The molecule has 1 N–H and O–H groups in total. The van der Waals surface area contributed by atoms with Crippen LogP contribution in [0.1, 0.15) is 0 Å². The lowest BCUT2D eigenvalue weighted by atomic mass is 10.4. The molecule has 1 aliphatic heterocycles. The molecule has 0 radical (unpaired) electrons. The molecule has 0 aromatic carbocycles. The summed E-state index contributed by atoms with van der Waals surface area (Å²) in [6, 6.07) is 0. The Kier molecular flexibility index (Phi) is 3.91. The summed E-state index contributed by atoms with van der Waals surface area (Å²) in [6.45, 7) is 0.569. The minimum Gasteiger partial charge on any atom is -0.472 e. The normalized spacial score (nSPS) is 19.4. The average molecular weight is 270 g/mol. The van der Waals surface area contributed by atoms with Crippen LogP contribution in [0.15, 0.2) is 21.8 Å². The highest BCUT2D eigenvalue weighted by Crippen LogP contribution is 2.26. The summed E-state index contributed by atoms with van der Waals surface area (Å²) in [5, 5.41) is 21.7. The van der Waals surface area contributed by atoms with Crippen LogP contribution >= 0.6 is 23.2 Å². The van der Waals surface area contributed by atoms with Gasteiger partial charge in [-0.25, -0.2) is 0 Å². The van der Waals surface area contributed by atoms with E-state index in [-0.39, 0.29) is 12.5 Å². The van der Waals surface area contributed by atoms with Crippen molar-refractivity contribution in [2.75, 3.05) is 13.2 Å². The third kappa shape index (κ3) is 2.52. The van der Waals surface area contributed by atoms with E-state index in [1.807, 2.05) is 0 Å². The van der Waals surface area contributed by atoms with Gasteiger partial charge < -0.3 is 10.1 Å². The molecule has 0 unspecified atom stereocenters. The Morgan fingerprint density at radius 2 is 1.94 bits per heavy atom. The van der Waals surface area contributed by atoms with Crippen LogP contribution in [-0.2, 0) is 4.74 Å². The van der Waals surface area contributed by atoms with Gasteiger partial charge in [0.05, 0.1) is 16.4 Å². The first-order valence-corrected chi connectivity index (χ1v) is 4.66. The van der Waals surface area contributed by atoms with Gasteiger partial charge in [-0.2, -0.15) is 0 Å². The number of nitro groups is 2. The Balaban J connectivity index is 3.24. The molecular formula is C6H5Cl2N3O5. The standard InChI is InChI=1S/C6H5Cl2N3O5/c7-3(5(8)11(14)15)4(10(12)13)6-9-1-2-16-6/h9H,1-2H2/b5-3-,6-4+. The SMILES string of the molecule is O=[N+]([O-])/C(Cl)=C(Cl)/C(=C1/NCCO1)[N+](=O)[O-]. The van der Waals surface area contributed by atoms with E-state index in [9.17, 15) is 20.2 Å². The van der Waals surface area contributed by atoms with Crippen molar-refractivity contribution in [3.8, 4) is 0 Å². The van der Waals surface area contributed by atoms with Crippen LogP contribution in [0.25, 0.3) is 0 Å². The summed E-state index contributed by atoms with van der Waals surface area (Å²) in [7, 11) is 0. The second kappa shape index (κ2) is 4.99. The molecule has 0 bridgehead atoms. The summed E-state index contributed by atoms with van der Waals surface area (Å²) in [4.78, 5) is 19.1. The highest BCUT2D eigenvalue weighted by Gasteiger charge is 2.33. The van der Waals surface area contributed by atoms with Crippen molar-refractivity contribution in [2.45, 2.75) is 0 Å². The zero-order valence-electron chi connectivity index (χ0n) is 7.61. The van der Waals surface area contributed by atoms with Gasteiger partial charge in [0.25, 0.3) is 5.88 Å². The number of hydrogen-bond donors (Lipinski definition) is 1. The van der Waals surface area contributed by atoms with Crippen LogP contribution in [0.3, 0.4) is 0 Å². The van der Waals surface area contributed by atoms with E-state index >= 15 is 0 Å². The van der Waals surface area contributed by atoms with Gasteiger partial charge in [0.1, 0.15) is 6.61 Å². The van der Waals surface area contributed by atoms with Gasteiger partial charge >= 0.3 is 10.9 Å². The predicted molar refractivity (Wildman–Crippen MR) is 53.7 cm³/mol. The maximum absolute atomic E-state index is 10.7. The molecule has 16 heavy (non-hydrogen) atoms. The number of rotatable bonds is 3. The number of nitrogens with zero attached hydrogens (tertiary/aromatic N) is 2. The summed E-state index contributed by atoms with van der Waals surface area (Å²) in [5.41, 5.74) is -0.749. The van der Waals surface area contributed by atoms with Crippen molar-refractivity contribution in [1.29, 1.82) is 0 Å². The van der Waals surface area contributed by atoms with Crippen molar-refractivity contribution >= 4 is 23.2 Å². The van der Waals surface area contributed by atoms with Crippen molar-refractivity contribution in [3.05, 3.63) is 42.0 Å². The lowest BCUT2D eigenvalue weighted by Crippen LogP contribution is -2.14. The molecular weight excluding hydrogens is 265 g/mol. The third-order valence-corrected chi connectivity index (χ3v) is 2.36. The third-order valence-electron chi connectivity index (χ3n) is 1.58. The molecule has 1 heterocycles. The fourth-order valence-electron chi connectivity index (χ4n) is 0.961. The minimum absolute atomic E-state index is 0.215. The predicted octanol–water partition coefficient (Wildman–Crippen LogP) is 0.975. The van der Waals surface area contributed by atoms with Crippen molar-refractivity contribution in [2.24, 2.45) is 0 Å². The van der Waals surface area contributed by atoms with Crippen LogP contribution in [0.5, 0.6) is 0 Å². The second-order valence-electron chi connectivity index (χ2n) is 2.57. The first kappa shape index (κ1) is 12.5. The molecule has 1 rings (SSSR count). The molecule has 0 saturated carbocycles. The highest BCUT2D eigenvalue weighted by atomic mass is 35.5. The van der Waals surface area contributed by atoms with Gasteiger partial charge in [-0.15, -0.1) is 0 Å². The number of hydrogen-bond acceptors (Lipinski definition) is 6. The summed E-state index contributed by atoms with van der Waals surface area (Å²) >= 11 is 10.7. The Morgan fingerprint density at radius 1 is 1.31 bits per heavy atom. The topological polar surface area (TPSA) is 108 Å². The molecule has 0 amide bonds. The van der Waals surface area contributed by atoms with E-state index in [0.29, 0.717) is 6.54 Å². The largest absolute Gasteiger partial charge is 0.472 e. The molecule has 1 saturated heterocycles. The van der Waals surface area contributed by atoms with Crippen LogP contribution in [-0.4, -0.2) is 23.0 Å². The second-order valence-corrected chi connectivity index (χ2v) is 3.31. The van der Waals surface area contributed by atoms with Crippen LogP contribution < -0.4 is 5.32 Å². The number of nitrogens with one attached hydrogen (secondary N) is 1. The number of halogens is 2. The summed E-state index contributed by atoms with van der Waals surface area (Å²) < 4.78 is 4.85. The number of ether oxygens (including phenoxy) is 1. The molecule has 0 aromatic heterocycles. The molecule has 0 atom stereocenters. The Bertz CT molecular complexity index is 397. The Morgan fingerprint density at radius 3 is 2.31 bits per heavy atom. The highest BCUT2D eigenvalue weighted by molar-refractivity contribution is 6.39. The van der Waals surface area contributed by atoms with E-state index in [0.717, 1.165) is 0 Å². The first-order chi connectivity index (χ1) is 7.45. The van der Waals surface area contributed by atoms with E-state index in [1.165, 1.54) is 0 Å². The van der Waals surface area contributed by atoms with E-state index in [4.69, 9.17) is 27.9 Å². The Hall–Kier alpha value is -1.54. The van der Waals surface area contributed by atoms with Gasteiger partial charge in [-0.1, -0.05) is 11.6 Å². The van der Waals surface area contributed by atoms with E-state index in [2.05, 4.69) is 5.32 Å². The molecule has 0 aromatic rings. The van der Waals surface area contributed by atoms with Crippen molar-refractivity contribution in [3.63, 3.8) is 0 Å². The smallest absolute Gasteiger partial charge is 0.363 e. The average Bonchev–Trinajstić information content (AvgIpc) is 2.69. The van der Waals surface area contributed by atoms with Gasteiger partial charge in [-0.05, 0) is 11.6 Å². The maximum Gasteiger partial charge on any atom is 0.363 e. The van der Waals surface area contributed by atoms with Crippen LogP contribution in [0.2, 0.25) is 0 Å². The fourth-order valence-corrected chi connectivity index (χ4v) is 1.27. The van der Waals surface area contributed by atoms with Gasteiger partial charge in [-0.3, -0.25) is 20.2 Å². The molecule has 0 spiro atoms. The molecule has 10 heteroatoms. The van der Waals surface area contributed by atoms with Gasteiger partial charge in [0, 0.05) is 0 Å². The van der Waals surface area contributed by atoms with Gasteiger partial charge in [0.2, 0.25) is 5.03 Å². The van der Waals surface area contributed by atoms with Crippen LogP contribution in [0.4, 0.5) is 0 Å². The molecule has 8 nitrogen and oxygen atoms in total.